The van der Waals surface area contributed by atoms with Crippen LogP contribution in [0.2, 0.25) is 0 Å². The van der Waals surface area contributed by atoms with Gasteiger partial charge in [-0.05, 0) is 12.0 Å². The maximum atomic E-state index is 12.2. The molecule has 6 N–H and O–H groups in total. The van der Waals surface area contributed by atoms with Gasteiger partial charge in [-0.25, -0.2) is 0 Å². The van der Waals surface area contributed by atoms with Gasteiger partial charge < -0.3 is 21.1 Å². The summed E-state index contributed by atoms with van der Waals surface area (Å²) in [5.74, 6) is -1.59. The number of carboxylic acids is 1. The Morgan fingerprint density at radius 2 is 1.92 bits per heavy atom. The van der Waals surface area contributed by atoms with Crippen molar-refractivity contribution in [3.63, 3.8) is 0 Å². The van der Waals surface area contributed by atoms with E-state index in [9.17, 15) is 14.4 Å². The molecular weight excluding hydrogens is 326 g/mol. The van der Waals surface area contributed by atoms with Crippen LogP contribution in [-0.2, 0) is 20.9 Å². The fourth-order valence-corrected chi connectivity index (χ4v) is 2.45. The molecule has 25 heavy (non-hydrogen) atoms. The number of carbonyl (C=O) groups excluding carboxylic acids is 2. The standard InChI is InChI=1S/C16H21N5O4/c17-15(18)11-3-1-10(2-4-11)7-20-16(25)12-5-6-21(12)13(22)8-19-9-14(23)24/h1-4,12,19H,5-9H2,(H3,17,18)(H,20,25)(H,23,24). The Morgan fingerprint density at radius 3 is 2.44 bits per heavy atom. The number of amides is 2. The number of carbonyl (C=O) groups is 3. The molecule has 1 aromatic carbocycles. The predicted octanol–water partition coefficient (Wildman–Crippen LogP) is -1.14. The molecule has 1 saturated heterocycles. The van der Waals surface area contributed by atoms with E-state index in [4.69, 9.17) is 16.2 Å². The Balaban J connectivity index is 1.79. The number of nitrogens with two attached hydrogens (primary N) is 1. The normalized spacial score (nSPS) is 16.0. The van der Waals surface area contributed by atoms with Crippen LogP contribution in [-0.4, -0.2) is 59.3 Å². The third-order valence-electron chi connectivity index (χ3n) is 3.93. The lowest BCUT2D eigenvalue weighted by Gasteiger charge is -2.39. The lowest BCUT2D eigenvalue weighted by Crippen LogP contribution is -2.59. The number of nitrogen functional groups attached to an aromatic ring is 1. The van der Waals surface area contributed by atoms with E-state index in [1.165, 1.54) is 4.90 Å². The van der Waals surface area contributed by atoms with Crippen molar-refractivity contribution in [2.75, 3.05) is 19.6 Å². The summed E-state index contributed by atoms with van der Waals surface area (Å²) < 4.78 is 0. The lowest BCUT2D eigenvalue weighted by atomic mass is 10.0. The van der Waals surface area contributed by atoms with Gasteiger partial charge in [0.15, 0.2) is 0 Å². The van der Waals surface area contributed by atoms with Gasteiger partial charge in [-0.2, -0.15) is 0 Å². The van der Waals surface area contributed by atoms with Crippen LogP contribution in [0.4, 0.5) is 0 Å². The molecule has 0 aliphatic carbocycles. The summed E-state index contributed by atoms with van der Waals surface area (Å²) in [6.45, 7) is 0.390. The summed E-state index contributed by atoms with van der Waals surface area (Å²) in [6, 6.07) is 6.44. The van der Waals surface area contributed by atoms with E-state index >= 15 is 0 Å². The number of carboxylic acid groups (broad SMARTS) is 1. The highest BCUT2D eigenvalue weighted by molar-refractivity contribution is 5.95. The van der Waals surface area contributed by atoms with Gasteiger partial charge in [-0.15, -0.1) is 0 Å². The van der Waals surface area contributed by atoms with E-state index < -0.39 is 12.0 Å². The first kappa shape index (κ1) is 18.4. The van der Waals surface area contributed by atoms with Crippen LogP contribution in [0.5, 0.6) is 0 Å². The number of likely N-dealkylation sites (tertiary alicyclic amines) is 1. The van der Waals surface area contributed by atoms with Gasteiger partial charge in [-0.1, -0.05) is 24.3 Å². The highest BCUT2D eigenvalue weighted by Crippen LogP contribution is 2.17. The molecule has 2 amide bonds. The first-order valence-electron chi connectivity index (χ1n) is 7.81. The van der Waals surface area contributed by atoms with E-state index in [1.807, 2.05) is 0 Å². The minimum absolute atomic E-state index is 0.0179. The monoisotopic (exact) mass is 347 g/mol. The van der Waals surface area contributed by atoms with Crippen molar-refractivity contribution in [1.82, 2.24) is 15.5 Å². The molecule has 1 unspecified atom stereocenters. The quantitative estimate of drug-likeness (QED) is 0.296. The fourth-order valence-electron chi connectivity index (χ4n) is 2.45. The number of nitrogens with zero attached hydrogens (tertiary/aromatic N) is 1. The van der Waals surface area contributed by atoms with Crippen LogP contribution in [0, 0.1) is 5.41 Å². The molecule has 1 aliphatic rings. The van der Waals surface area contributed by atoms with Gasteiger partial charge in [0.2, 0.25) is 11.8 Å². The molecule has 9 heteroatoms. The van der Waals surface area contributed by atoms with Crippen molar-refractivity contribution in [3.8, 4) is 0 Å². The van der Waals surface area contributed by atoms with Gasteiger partial charge in [0, 0.05) is 18.7 Å². The average Bonchev–Trinajstić information content (AvgIpc) is 2.51. The van der Waals surface area contributed by atoms with Crippen molar-refractivity contribution in [2.24, 2.45) is 5.73 Å². The number of hydrogen-bond acceptors (Lipinski definition) is 5. The molecule has 1 fully saturated rings. The smallest absolute Gasteiger partial charge is 0.317 e. The van der Waals surface area contributed by atoms with E-state index in [0.717, 1.165) is 5.56 Å². The highest BCUT2D eigenvalue weighted by Gasteiger charge is 2.36. The Bertz CT molecular complexity index is 674. The summed E-state index contributed by atoms with van der Waals surface area (Å²) in [4.78, 5) is 36.0. The first-order valence-corrected chi connectivity index (χ1v) is 7.81. The fraction of sp³-hybridized carbons (Fsp3) is 0.375. The molecule has 0 radical (unpaired) electrons. The second kappa shape index (κ2) is 8.25. The van der Waals surface area contributed by atoms with Crippen LogP contribution in [0.15, 0.2) is 24.3 Å². The molecule has 1 aromatic rings. The Morgan fingerprint density at radius 1 is 1.24 bits per heavy atom. The van der Waals surface area contributed by atoms with E-state index in [-0.39, 0.29) is 30.7 Å². The van der Waals surface area contributed by atoms with Crippen molar-refractivity contribution in [3.05, 3.63) is 35.4 Å². The largest absolute Gasteiger partial charge is 0.480 e. The van der Waals surface area contributed by atoms with E-state index in [2.05, 4.69) is 10.6 Å². The van der Waals surface area contributed by atoms with Crippen LogP contribution in [0.25, 0.3) is 0 Å². The van der Waals surface area contributed by atoms with Crippen LogP contribution in [0.3, 0.4) is 0 Å². The van der Waals surface area contributed by atoms with Crippen molar-refractivity contribution in [1.29, 1.82) is 5.41 Å². The number of rotatable bonds is 8. The summed E-state index contributed by atoms with van der Waals surface area (Å²) in [5.41, 5.74) is 6.86. The molecule has 1 atom stereocenters. The summed E-state index contributed by atoms with van der Waals surface area (Å²) in [5, 5.41) is 21.2. The van der Waals surface area contributed by atoms with Crippen LogP contribution >= 0.6 is 0 Å². The van der Waals surface area contributed by atoms with Crippen molar-refractivity contribution in [2.45, 2.75) is 19.0 Å². The second-order valence-corrected chi connectivity index (χ2v) is 5.72. The van der Waals surface area contributed by atoms with Crippen LogP contribution < -0.4 is 16.4 Å². The molecule has 9 nitrogen and oxygen atoms in total. The number of benzene rings is 1. The highest BCUT2D eigenvalue weighted by atomic mass is 16.4. The molecule has 2 rings (SSSR count). The topological polar surface area (TPSA) is 149 Å². The molecule has 0 aromatic heterocycles. The lowest BCUT2D eigenvalue weighted by molar-refractivity contribution is -0.147. The predicted molar refractivity (Wildman–Crippen MR) is 89.9 cm³/mol. The Kier molecular flexibility index (Phi) is 6.07. The summed E-state index contributed by atoms with van der Waals surface area (Å²) in [6.07, 6.45) is 0.583. The van der Waals surface area contributed by atoms with Gasteiger partial charge in [-0.3, -0.25) is 25.1 Å². The second-order valence-electron chi connectivity index (χ2n) is 5.72. The molecule has 0 spiro atoms. The zero-order valence-electron chi connectivity index (χ0n) is 13.6. The number of amidine groups is 1. The number of nitrogens with one attached hydrogen (secondary N) is 3. The van der Waals surface area contributed by atoms with E-state index in [1.54, 1.807) is 24.3 Å². The molecular formula is C16H21N5O4. The molecule has 134 valence electrons. The summed E-state index contributed by atoms with van der Waals surface area (Å²) >= 11 is 0. The van der Waals surface area contributed by atoms with Gasteiger partial charge in [0.1, 0.15) is 11.9 Å². The maximum Gasteiger partial charge on any atom is 0.317 e. The number of aliphatic carboxylic acids is 1. The molecule has 1 heterocycles. The zero-order chi connectivity index (χ0) is 18.4. The first-order chi connectivity index (χ1) is 11.9. The maximum absolute atomic E-state index is 12.2. The van der Waals surface area contributed by atoms with Gasteiger partial charge in [0.05, 0.1) is 13.1 Å². The third-order valence-corrected chi connectivity index (χ3v) is 3.93. The average molecular weight is 347 g/mol. The minimum Gasteiger partial charge on any atom is -0.480 e. The SMILES string of the molecule is N=C(N)c1ccc(CNC(=O)C2CCN2C(=O)CNCC(=O)O)cc1. The minimum atomic E-state index is -1.04. The van der Waals surface area contributed by atoms with Gasteiger partial charge in [0.25, 0.3) is 0 Å². The third kappa shape index (κ3) is 5.01. The Hall–Kier alpha value is -2.94. The Labute approximate surface area is 144 Å². The molecule has 0 saturated carbocycles. The van der Waals surface area contributed by atoms with Gasteiger partial charge >= 0.3 is 5.97 Å². The van der Waals surface area contributed by atoms with Crippen molar-refractivity contribution >= 4 is 23.6 Å². The van der Waals surface area contributed by atoms with Crippen LogP contribution in [0.1, 0.15) is 17.5 Å². The summed E-state index contributed by atoms with van der Waals surface area (Å²) in [7, 11) is 0. The molecule has 0 bridgehead atoms. The zero-order valence-corrected chi connectivity index (χ0v) is 13.6. The number of hydrogen-bond donors (Lipinski definition) is 5. The van der Waals surface area contributed by atoms with Crippen molar-refractivity contribution < 1.29 is 19.5 Å². The van der Waals surface area contributed by atoms with E-state index in [0.29, 0.717) is 25.1 Å². The molecule has 1 aliphatic heterocycles.